The number of rotatable bonds is 5. The molecule has 0 amide bonds. The van der Waals surface area contributed by atoms with Crippen molar-refractivity contribution in [2.75, 3.05) is 26.2 Å². The second kappa shape index (κ2) is 8.59. The van der Waals surface area contributed by atoms with Gasteiger partial charge in [0, 0.05) is 31.6 Å². The summed E-state index contributed by atoms with van der Waals surface area (Å²) in [5, 5.41) is 8.17. The number of nitrogens with zero attached hydrogens (tertiary/aromatic N) is 4. The molecule has 32 heavy (non-hydrogen) atoms. The summed E-state index contributed by atoms with van der Waals surface area (Å²) in [6.45, 7) is 2.12. The Hall–Kier alpha value is -2.85. The van der Waals surface area contributed by atoms with E-state index >= 15 is 0 Å². The van der Waals surface area contributed by atoms with Gasteiger partial charge in [0.2, 0.25) is 10.0 Å². The molecule has 164 valence electrons. The first-order chi connectivity index (χ1) is 15.5. The highest BCUT2D eigenvalue weighted by molar-refractivity contribution is 7.89. The van der Waals surface area contributed by atoms with Gasteiger partial charge in [-0.1, -0.05) is 42.5 Å². The number of fused-ring (bicyclic) bond motifs is 1. The molecule has 0 spiro atoms. The molecule has 0 atom stereocenters. The molecule has 2 aromatic carbocycles. The maximum absolute atomic E-state index is 13.1. The van der Waals surface area contributed by atoms with Gasteiger partial charge in [-0.25, -0.2) is 13.1 Å². The fraction of sp³-hybridized carbons (Fsp3) is 0.217. The summed E-state index contributed by atoms with van der Waals surface area (Å²) < 4.78 is 28.7. The van der Waals surface area contributed by atoms with Crippen LogP contribution in [0.2, 0.25) is 0 Å². The Balaban J connectivity index is 1.38. The quantitative estimate of drug-likeness (QED) is 0.452. The van der Waals surface area contributed by atoms with E-state index in [0.29, 0.717) is 43.1 Å². The van der Waals surface area contributed by atoms with Crippen LogP contribution in [0, 0.1) is 0 Å². The van der Waals surface area contributed by atoms with Crippen LogP contribution in [-0.4, -0.2) is 53.6 Å². The molecule has 2 aromatic heterocycles. The topological polar surface area (TPSA) is 75.5 Å². The van der Waals surface area contributed by atoms with Gasteiger partial charge in [0.15, 0.2) is 0 Å². The summed E-state index contributed by atoms with van der Waals surface area (Å²) in [5.74, 6) is 0. The summed E-state index contributed by atoms with van der Waals surface area (Å²) >= 11 is 1.59. The van der Waals surface area contributed by atoms with E-state index in [-0.39, 0.29) is 5.56 Å². The van der Waals surface area contributed by atoms with Crippen LogP contribution in [0.1, 0.15) is 0 Å². The third-order valence-electron chi connectivity index (χ3n) is 5.67. The zero-order chi connectivity index (χ0) is 22.1. The van der Waals surface area contributed by atoms with Crippen LogP contribution < -0.4 is 5.56 Å². The number of hydrogen-bond acceptors (Lipinski definition) is 6. The van der Waals surface area contributed by atoms with E-state index in [0.717, 1.165) is 16.0 Å². The molecule has 0 radical (unpaired) electrons. The van der Waals surface area contributed by atoms with Gasteiger partial charge >= 0.3 is 0 Å². The van der Waals surface area contributed by atoms with Gasteiger partial charge < -0.3 is 0 Å². The third-order valence-corrected chi connectivity index (χ3v) is 8.46. The van der Waals surface area contributed by atoms with Crippen molar-refractivity contribution in [2.24, 2.45) is 0 Å². The highest BCUT2D eigenvalue weighted by Gasteiger charge is 2.28. The Morgan fingerprint density at radius 3 is 2.22 bits per heavy atom. The van der Waals surface area contributed by atoms with Crippen LogP contribution in [0.15, 0.2) is 81.8 Å². The van der Waals surface area contributed by atoms with Crippen LogP contribution in [-0.2, 0) is 16.7 Å². The molecule has 7 nitrogen and oxygen atoms in total. The molecule has 1 fully saturated rings. The molecule has 5 rings (SSSR count). The normalized spacial score (nSPS) is 15.9. The van der Waals surface area contributed by atoms with E-state index in [9.17, 15) is 13.2 Å². The molecule has 4 aromatic rings. The standard InChI is InChI=1S/C23H22N4O3S2/c28-23-20-10-5-4-9-19(20)22(21-11-6-16-31-21)24-27(23)17-25-12-14-26(15-13-25)32(29,30)18-7-2-1-3-8-18/h1-11,16H,12-15,17H2. The number of benzene rings is 2. The zero-order valence-electron chi connectivity index (χ0n) is 17.3. The highest BCUT2D eigenvalue weighted by atomic mass is 32.2. The van der Waals surface area contributed by atoms with Crippen LogP contribution in [0.5, 0.6) is 0 Å². The lowest BCUT2D eigenvalue weighted by Gasteiger charge is -2.33. The highest BCUT2D eigenvalue weighted by Crippen LogP contribution is 2.28. The number of thiophene rings is 1. The lowest BCUT2D eigenvalue weighted by atomic mass is 10.1. The van der Waals surface area contributed by atoms with E-state index < -0.39 is 10.0 Å². The van der Waals surface area contributed by atoms with E-state index in [4.69, 9.17) is 5.10 Å². The van der Waals surface area contributed by atoms with Crippen molar-refractivity contribution in [3.05, 3.63) is 82.5 Å². The molecule has 1 saturated heterocycles. The predicted octanol–water partition coefficient (Wildman–Crippen LogP) is 3.09. The average Bonchev–Trinajstić information content (AvgIpc) is 3.37. The van der Waals surface area contributed by atoms with Crippen molar-refractivity contribution >= 4 is 32.1 Å². The number of hydrogen-bond donors (Lipinski definition) is 0. The van der Waals surface area contributed by atoms with Crippen molar-refractivity contribution in [3.63, 3.8) is 0 Å². The van der Waals surface area contributed by atoms with Crippen LogP contribution in [0.25, 0.3) is 21.3 Å². The Bertz CT molecular complexity index is 1390. The fourth-order valence-electron chi connectivity index (χ4n) is 3.97. The third kappa shape index (κ3) is 3.88. The van der Waals surface area contributed by atoms with Gasteiger partial charge in [0.25, 0.3) is 5.56 Å². The number of piperazine rings is 1. The molecule has 1 aliphatic heterocycles. The first-order valence-electron chi connectivity index (χ1n) is 10.4. The molecule has 0 aliphatic carbocycles. The lowest BCUT2D eigenvalue weighted by molar-refractivity contribution is 0.143. The molecule has 1 aliphatic rings. The minimum atomic E-state index is -3.51. The average molecular weight is 467 g/mol. The fourth-order valence-corrected chi connectivity index (χ4v) is 6.14. The van der Waals surface area contributed by atoms with Crippen LogP contribution in [0.3, 0.4) is 0 Å². The molecular weight excluding hydrogens is 444 g/mol. The van der Waals surface area contributed by atoms with Crippen LogP contribution in [0.4, 0.5) is 0 Å². The Kier molecular flexibility index (Phi) is 5.64. The maximum atomic E-state index is 13.1. The summed E-state index contributed by atoms with van der Waals surface area (Å²) in [4.78, 5) is 16.5. The van der Waals surface area contributed by atoms with Crippen molar-refractivity contribution in [2.45, 2.75) is 11.6 Å². The van der Waals surface area contributed by atoms with Crippen molar-refractivity contribution in [1.29, 1.82) is 0 Å². The molecule has 9 heteroatoms. The summed E-state index contributed by atoms with van der Waals surface area (Å²) in [7, 11) is -3.51. The molecule has 0 bridgehead atoms. The number of sulfonamides is 1. The van der Waals surface area contributed by atoms with E-state index in [1.807, 2.05) is 41.8 Å². The second-order valence-corrected chi connectivity index (χ2v) is 10.5. The van der Waals surface area contributed by atoms with Crippen LogP contribution >= 0.6 is 11.3 Å². The molecule has 0 N–H and O–H groups in total. The lowest BCUT2D eigenvalue weighted by Crippen LogP contribution is -2.49. The maximum Gasteiger partial charge on any atom is 0.275 e. The van der Waals surface area contributed by atoms with Crippen molar-refractivity contribution < 1.29 is 8.42 Å². The van der Waals surface area contributed by atoms with Gasteiger partial charge in [-0.3, -0.25) is 9.69 Å². The smallest absolute Gasteiger partial charge is 0.275 e. The predicted molar refractivity (Wildman–Crippen MR) is 126 cm³/mol. The molecule has 0 saturated carbocycles. The largest absolute Gasteiger partial charge is 0.282 e. The minimum absolute atomic E-state index is 0.139. The number of aromatic nitrogens is 2. The summed E-state index contributed by atoms with van der Waals surface area (Å²) in [6, 6.07) is 20.0. The second-order valence-electron chi connectivity index (χ2n) is 7.65. The molecule has 0 unspecified atom stereocenters. The summed E-state index contributed by atoms with van der Waals surface area (Å²) in [6.07, 6.45) is 0. The van der Waals surface area contributed by atoms with Gasteiger partial charge in [0.1, 0.15) is 5.69 Å². The van der Waals surface area contributed by atoms with Gasteiger partial charge in [-0.2, -0.15) is 9.40 Å². The van der Waals surface area contributed by atoms with E-state index in [1.165, 1.54) is 8.99 Å². The summed E-state index contributed by atoms with van der Waals surface area (Å²) in [5.41, 5.74) is 0.653. The first kappa shape index (κ1) is 21.0. The zero-order valence-corrected chi connectivity index (χ0v) is 18.9. The SMILES string of the molecule is O=c1c2ccccc2c(-c2cccs2)nn1CN1CCN(S(=O)(=O)c2ccccc2)CC1. The monoisotopic (exact) mass is 466 g/mol. The van der Waals surface area contributed by atoms with Gasteiger partial charge in [-0.05, 0) is 29.6 Å². The Morgan fingerprint density at radius 2 is 1.53 bits per heavy atom. The van der Waals surface area contributed by atoms with E-state index in [2.05, 4.69) is 4.90 Å². The Morgan fingerprint density at radius 1 is 0.844 bits per heavy atom. The van der Waals surface area contributed by atoms with Gasteiger partial charge in [0.05, 0.1) is 21.8 Å². The Labute approximate surface area is 190 Å². The van der Waals surface area contributed by atoms with Crippen molar-refractivity contribution in [3.8, 4) is 10.6 Å². The molecular formula is C23H22N4O3S2. The van der Waals surface area contributed by atoms with Gasteiger partial charge in [-0.15, -0.1) is 11.3 Å². The van der Waals surface area contributed by atoms with Crippen molar-refractivity contribution in [1.82, 2.24) is 19.0 Å². The minimum Gasteiger partial charge on any atom is -0.282 e. The first-order valence-corrected chi connectivity index (χ1v) is 12.7. The molecule has 3 heterocycles. The van der Waals surface area contributed by atoms with E-state index in [1.54, 1.807) is 41.7 Å².